The van der Waals surface area contributed by atoms with Crippen molar-refractivity contribution in [2.45, 2.75) is 73.0 Å². The van der Waals surface area contributed by atoms with Gasteiger partial charge in [0, 0.05) is 12.0 Å². The summed E-state index contributed by atoms with van der Waals surface area (Å²) in [6.07, 6.45) is 0.134. The standard InChI is InChI=1S/C18H33N3O5/c1-11(2)10-19-14(22)13(12(3)4)25-20-16(24)18(8-9-18)26-21-15(23)17(5,6)7/h11-13H,8-10H2,1-7H3,(H,19,22)(H,20,24)(H,21,23)/t13-/m1/s1. The highest BCUT2D eigenvalue weighted by atomic mass is 16.7. The van der Waals surface area contributed by atoms with Gasteiger partial charge in [0.15, 0.2) is 11.7 Å². The van der Waals surface area contributed by atoms with Crippen molar-refractivity contribution in [1.82, 2.24) is 16.3 Å². The number of hydrogen-bond acceptors (Lipinski definition) is 5. The molecule has 0 spiro atoms. The highest BCUT2D eigenvalue weighted by molar-refractivity contribution is 5.88. The molecule has 0 heterocycles. The van der Waals surface area contributed by atoms with Crippen LogP contribution in [0.4, 0.5) is 0 Å². The Bertz CT molecular complexity index is 521. The normalized spacial score (nSPS) is 17.0. The first-order chi connectivity index (χ1) is 11.9. The SMILES string of the molecule is CC(C)CNC(=O)[C@H](ONC(=O)C1(ONC(=O)C(C)(C)C)CC1)C(C)C. The second-order valence-corrected chi connectivity index (χ2v) is 8.63. The van der Waals surface area contributed by atoms with Crippen LogP contribution in [0.3, 0.4) is 0 Å². The highest BCUT2D eigenvalue weighted by Crippen LogP contribution is 2.39. The average molecular weight is 371 g/mol. The number of hydroxylamine groups is 2. The van der Waals surface area contributed by atoms with Gasteiger partial charge in [-0.25, -0.2) is 11.0 Å². The minimum Gasteiger partial charge on any atom is -0.353 e. The number of carbonyl (C=O) groups excluding carboxylic acids is 3. The van der Waals surface area contributed by atoms with E-state index >= 15 is 0 Å². The Labute approximate surface area is 155 Å². The molecular formula is C18H33N3O5. The largest absolute Gasteiger partial charge is 0.353 e. The van der Waals surface area contributed by atoms with Crippen molar-refractivity contribution < 1.29 is 24.1 Å². The minimum atomic E-state index is -1.13. The number of nitrogens with one attached hydrogen (secondary N) is 3. The minimum absolute atomic E-state index is 0.126. The Morgan fingerprint density at radius 1 is 1.04 bits per heavy atom. The zero-order valence-corrected chi connectivity index (χ0v) is 16.9. The Balaban J connectivity index is 2.54. The van der Waals surface area contributed by atoms with Gasteiger partial charge in [-0.3, -0.25) is 24.1 Å². The Kier molecular flexibility index (Phi) is 7.58. The fourth-order valence-electron chi connectivity index (χ4n) is 1.89. The summed E-state index contributed by atoms with van der Waals surface area (Å²) in [6, 6.07) is 0. The van der Waals surface area contributed by atoms with Gasteiger partial charge >= 0.3 is 0 Å². The Morgan fingerprint density at radius 2 is 1.62 bits per heavy atom. The smallest absolute Gasteiger partial charge is 0.278 e. The van der Waals surface area contributed by atoms with Crippen LogP contribution in [0.15, 0.2) is 0 Å². The molecular weight excluding hydrogens is 338 g/mol. The molecule has 1 saturated carbocycles. The number of carbonyl (C=O) groups is 3. The van der Waals surface area contributed by atoms with Gasteiger partial charge in [-0.2, -0.15) is 0 Å². The van der Waals surface area contributed by atoms with E-state index in [0.29, 0.717) is 25.3 Å². The van der Waals surface area contributed by atoms with Gasteiger partial charge in [0.25, 0.3) is 11.8 Å². The monoisotopic (exact) mass is 371 g/mol. The lowest BCUT2D eigenvalue weighted by Crippen LogP contribution is -2.49. The molecule has 3 N–H and O–H groups in total. The summed E-state index contributed by atoms with van der Waals surface area (Å²) in [6.45, 7) is 13.4. The van der Waals surface area contributed by atoms with Crippen LogP contribution >= 0.6 is 0 Å². The third-order valence-corrected chi connectivity index (χ3v) is 3.97. The van der Waals surface area contributed by atoms with Crippen LogP contribution in [0.2, 0.25) is 0 Å². The van der Waals surface area contributed by atoms with Gasteiger partial charge in [0.1, 0.15) is 0 Å². The van der Waals surface area contributed by atoms with Crippen molar-refractivity contribution in [3.8, 4) is 0 Å². The molecule has 0 aromatic carbocycles. The first-order valence-electron chi connectivity index (χ1n) is 9.11. The molecule has 1 aliphatic carbocycles. The predicted octanol–water partition coefficient (Wildman–Crippen LogP) is 1.46. The van der Waals surface area contributed by atoms with Crippen LogP contribution < -0.4 is 16.3 Å². The second-order valence-electron chi connectivity index (χ2n) is 8.63. The van der Waals surface area contributed by atoms with Crippen LogP contribution in [-0.4, -0.2) is 36.0 Å². The van der Waals surface area contributed by atoms with Gasteiger partial charge in [-0.1, -0.05) is 48.5 Å². The molecule has 0 aromatic rings. The van der Waals surface area contributed by atoms with Crippen molar-refractivity contribution in [1.29, 1.82) is 0 Å². The van der Waals surface area contributed by atoms with Gasteiger partial charge in [0.05, 0.1) is 0 Å². The molecule has 0 bridgehead atoms. The zero-order chi connectivity index (χ0) is 20.1. The van der Waals surface area contributed by atoms with Crippen LogP contribution in [0, 0.1) is 17.3 Å². The molecule has 0 saturated heterocycles. The molecule has 1 aliphatic rings. The molecule has 150 valence electrons. The fraction of sp³-hybridized carbons (Fsp3) is 0.833. The molecule has 0 aromatic heterocycles. The van der Waals surface area contributed by atoms with Crippen LogP contribution in [-0.2, 0) is 24.1 Å². The summed E-state index contributed by atoms with van der Waals surface area (Å²) in [7, 11) is 0. The van der Waals surface area contributed by atoms with E-state index in [0.717, 1.165) is 0 Å². The maximum atomic E-state index is 12.4. The summed E-state index contributed by atoms with van der Waals surface area (Å²) in [5.74, 6) is -0.907. The first kappa shape index (κ1) is 22.4. The summed E-state index contributed by atoms with van der Waals surface area (Å²) in [5.41, 5.74) is 2.91. The van der Waals surface area contributed by atoms with E-state index in [2.05, 4.69) is 16.3 Å². The van der Waals surface area contributed by atoms with E-state index in [1.165, 1.54) is 0 Å². The lowest BCUT2D eigenvalue weighted by Gasteiger charge is -2.24. The van der Waals surface area contributed by atoms with E-state index in [9.17, 15) is 14.4 Å². The fourth-order valence-corrected chi connectivity index (χ4v) is 1.89. The number of amides is 3. The quantitative estimate of drug-likeness (QED) is 0.532. The molecule has 1 fully saturated rings. The lowest BCUT2D eigenvalue weighted by molar-refractivity contribution is -0.170. The van der Waals surface area contributed by atoms with E-state index in [4.69, 9.17) is 9.68 Å². The summed E-state index contributed by atoms with van der Waals surface area (Å²) in [4.78, 5) is 47.1. The van der Waals surface area contributed by atoms with Crippen molar-refractivity contribution in [2.75, 3.05) is 6.54 Å². The number of hydrogen-bond donors (Lipinski definition) is 3. The van der Waals surface area contributed by atoms with E-state index < -0.39 is 23.0 Å². The number of rotatable bonds is 9. The third-order valence-electron chi connectivity index (χ3n) is 3.97. The maximum absolute atomic E-state index is 12.4. The molecule has 0 unspecified atom stereocenters. The van der Waals surface area contributed by atoms with Crippen molar-refractivity contribution >= 4 is 17.7 Å². The van der Waals surface area contributed by atoms with Gasteiger partial charge in [0.2, 0.25) is 5.91 Å². The van der Waals surface area contributed by atoms with Crippen molar-refractivity contribution in [3.63, 3.8) is 0 Å². The average Bonchev–Trinajstić information content (AvgIpc) is 3.30. The predicted molar refractivity (Wildman–Crippen MR) is 96.3 cm³/mol. The molecule has 26 heavy (non-hydrogen) atoms. The van der Waals surface area contributed by atoms with Crippen LogP contribution in [0.1, 0.15) is 61.3 Å². The third kappa shape index (κ3) is 6.57. The molecule has 0 radical (unpaired) electrons. The van der Waals surface area contributed by atoms with Gasteiger partial charge in [-0.15, -0.1) is 0 Å². The summed E-state index contributed by atoms with van der Waals surface area (Å²) in [5, 5.41) is 2.79. The molecule has 1 atom stereocenters. The molecule has 8 nitrogen and oxygen atoms in total. The molecule has 3 amide bonds. The highest BCUT2D eigenvalue weighted by Gasteiger charge is 2.53. The van der Waals surface area contributed by atoms with Gasteiger partial charge < -0.3 is 5.32 Å². The Morgan fingerprint density at radius 3 is 2.04 bits per heavy atom. The van der Waals surface area contributed by atoms with E-state index in [1.54, 1.807) is 20.8 Å². The maximum Gasteiger partial charge on any atom is 0.278 e. The van der Waals surface area contributed by atoms with Crippen molar-refractivity contribution in [3.05, 3.63) is 0 Å². The lowest BCUT2D eigenvalue weighted by atomic mass is 9.96. The van der Waals surface area contributed by atoms with Crippen LogP contribution in [0.25, 0.3) is 0 Å². The van der Waals surface area contributed by atoms with E-state index in [-0.39, 0.29) is 17.7 Å². The van der Waals surface area contributed by atoms with Crippen LogP contribution in [0.5, 0.6) is 0 Å². The zero-order valence-electron chi connectivity index (χ0n) is 16.9. The summed E-state index contributed by atoms with van der Waals surface area (Å²) < 4.78 is 0. The Hall–Kier alpha value is -1.67. The van der Waals surface area contributed by atoms with Gasteiger partial charge in [-0.05, 0) is 24.7 Å². The second kappa shape index (κ2) is 8.81. The molecule has 1 rings (SSSR count). The molecule has 0 aliphatic heterocycles. The summed E-state index contributed by atoms with van der Waals surface area (Å²) >= 11 is 0. The molecule has 8 heteroatoms. The van der Waals surface area contributed by atoms with E-state index in [1.807, 2.05) is 27.7 Å². The first-order valence-corrected chi connectivity index (χ1v) is 9.11. The topological polar surface area (TPSA) is 106 Å². The van der Waals surface area contributed by atoms with Crippen molar-refractivity contribution in [2.24, 2.45) is 17.3 Å².